The van der Waals surface area contributed by atoms with Gasteiger partial charge in [-0.05, 0) is 23.3 Å². The minimum absolute atomic E-state index is 0.0175. The van der Waals surface area contributed by atoms with E-state index in [0.29, 0.717) is 5.57 Å². The normalized spacial score (nSPS) is 15.8. The predicted octanol–water partition coefficient (Wildman–Crippen LogP) is 4.46. The maximum Gasteiger partial charge on any atom is 0.337 e. The van der Waals surface area contributed by atoms with Crippen LogP contribution >= 0.6 is 0 Å². The van der Waals surface area contributed by atoms with Gasteiger partial charge in [0.25, 0.3) is 0 Å². The van der Waals surface area contributed by atoms with E-state index in [9.17, 15) is 23.2 Å². The van der Waals surface area contributed by atoms with Gasteiger partial charge >= 0.3 is 18.0 Å². The second kappa shape index (κ2) is 12.2. The first-order chi connectivity index (χ1) is 15.2. The van der Waals surface area contributed by atoms with Gasteiger partial charge in [0.1, 0.15) is 6.04 Å². The summed E-state index contributed by atoms with van der Waals surface area (Å²) in [6.45, 7) is 11.2. The molecular formula is C23H27F2N3O4. The van der Waals surface area contributed by atoms with Crippen molar-refractivity contribution in [3.8, 4) is 0 Å². The second-order valence-corrected chi connectivity index (χ2v) is 6.26. The van der Waals surface area contributed by atoms with E-state index >= 15 is 0 Å². The fourth-order valence-electron chi connectivity index (χ4n) is 2.86. The molecule has 0 spiro atoms. The lowest BCUT2D eigenvalue weighted by Gasteiger charge is -2.37. The van der Waals surface area contributed by atoms with Crippen LogP contribution in [-0.2, 0) is 9.53 Å². The molecule has 1 aliphatic rings. The molecule has 2 rings (SSSR count). The quantitative estimate of drug-likeness (QED) is 0.516. The summed E-state index contributed by atoms with van der Waals surface area (Å²) in [7, 11) is 2.47. The van der Waals surface area contributed by atoms with Crippen LogP contribution in [-0.4, -0.2) is 48.5 Å². The number of amides is 4. The van der Waals surface area contributed by atoms with Gasteiger partial charge in [-0.15, -0.1) is 0 Å². The van der Waals surface area contributed by atoms with E-state index in [0.717, 1.165) is 29.0 Å². The Morgan fingerprint density at radius 1 is 1.22 bits per heavy atom. The summed E-state index contributed by atoms with van der Waals surface area (Å²) < 4.78 is 32.1. The van der Waals surface area contributed by atoms with Crippen LogP contribution < -0.4 is 5.32 Å². The summed E-state index contributed by atoms with van der Waals surface area (Å²) in [4.78, 5) is 39.8. The molecule has 1 heterocycles. The van der Waals surface area contributed by atoms with E-state index in [1.807, 2.05) is 13.8 Å². The number of esters is 1. The van der Waals surface area contributed by atoms with Gasteiger partial charge in [0.15, 0.2) is 11.6 Å². The second-order valence-electron chi connectivity index (χ2n) is 6.26. The molecule has 1 N–H and O–H groups in total. The smallest absolute Gasteiger partial charge is 0.337 e. The lowest BCUT2D eigenvalue weighted by molar-refractivity contribution is -0.136. The van der Waals surface area contributed by atoms with E-state index in [4.69, 9.17) is 4.74 Å². The molecule has 1 atom stereocenters. The average Bonchev–Trinajstić information content (AvgIpc) is 2.80. The van der Waals surface area contributed by atoms with Crippen LogP contribution in [0.3, 0.4) is 0 Å². The molecule has 1 aromatic rings. The molecule has 1 aliphatic heterocycles. The fourth-order valence-corrected chi connectivity index (χ4v) is 2.86. The zero-order valence-electron chi connectivity index (χ0n) is 18.5. The van der Waals surface area contributed by atoms with E-state index in [1.165, 1.54) is 31.5 Å². The van der Waals surface area contributed by atoms with Crippen LogP contribution in [0.4, 0.5) is 18.4 Å². The molecule has 0 saturated carbocycles. The number of benzene rings is 1. The standard InChI is InChI=1S/C21H21F2N3O4.C2H6/c1-5-7-13(6-2)11-24-20(28)26-18(14-8-9-16(22)17(23)10-14)15(19(27)30-4)12-25(3)21(26)29;1-2/h5-10,12,18H,1-2,11H2,3-4H3,(H,24,28);1-2H3/b13-7+;/t18-;/m1./s1. The van der Waals surface area contributed by atoms with Crippen LogP contribution in [0, 0.1) is 11.6 Å². The Morgan fingerprint density at radius 2 is 1.88 bits per heavy atom. The van der Waals surface area contributed by atoms with Gasteiger partial charge in [0.2, 0.25) is 0 Å². The first kappa shape index (κ1) is 26.3. The Morgan fingerprint density at radius 3 is 2.41 bits per heavy atom. The summed E-state index contributed by atoms with van der Waals surface area (Å²) in [5.41, 5.74) is 0.531. The number of imide groups is 1. The molecule has 0 saturated heterocycles. The Balaban J connectivity index is 0.00000249. The number of carbonyl (C=O) groups is 3. The summed E-state index contributed by atoms with van der Waals surface area (Å²) in [6, 6.07) is -0.0999. The van der Waals surface area contributed by atoms with Gasteiger partial charge in [-0.2, -0.15) is 0 Å². The van der Waals surface area contributed by atoms with Crippen molar-refractivity contribution in [1.82, 2.24) is 15.1 Å². The number of ether oxygens (including phenoxy) is 1. The van der Waals surface area contributed by atoms with Crippen LogP contribution in [0.1, 0.15) is 25.5 Å². The summed E-state index contributed by atoms with van der Waals surface area (Å²) in [5.74, 6) is -3.13. The number of nitrogens with zero attached hydrogens (tertiary/aromatic N) is 2. The van der Waals surface area contributed by atoms with E-state index in [2.05, 4.69) is 18.5 Å². The van der Waals surface area contributed by atoms with Gasteiger partial charge in [0, 0.05) is 19.8 Å². The SMILES string of the molecule is C=C/C=C(\C=C)CNC(=O)N1C(=O)N(C)C=C(C(=O)OC)[C@H]1c1ccc(F)c(F)c1.CC. The number of halogens is 2. The largest absolute Gasteiger partial charge is 0.466 e. The summed E-state index contributed by atoms with van der Waals surface area (Å²) in [5, 5.41) is 2.55. The Hall–Kier alpha value is -3.75. The molecule has 0 aromatic heterocycles. The van der Waals surface area contributed by atoms with Gasteiger partial charge in [-0.3, -0.25) is 0 Å². The van der Waals surface area contributed by atoms with Gasteiger partial charge in [0.05, 0.1) is 12.7 Å². The van der Waals surface area contributed by atoms with Crippen LogP contribution in [0.2, 0.25) is 0 Å². The number of hydrogen-bond donors (Lipinski definition) is 1. The fraction of sp³-hybridized carbons (Fsp3) is 0.261. The third-order valence-electron chi connectivity index (χ3n) is 4.33. The maximum atomic E-state index is 13.9. The lowest BCUT2D eigenvalue weighted by atomic mass is 9.96. The minimum atomic E-state index is -1.33. The van der Waals surface area contributed by atoms with E-state index in [1.54, 1.807) is 6.08 Å². The van der Waals surface area contributed by atoms with E-state index in [-0.39, 0.29) is 17.7 Å². The Labute approximate surface area is 186 Å². The predicted molar refractivity (Wildman–Crippen MR) is 117 cm³/mol. The first-order valence-corrected chi connectivity index (χ1v) is 9.78. The van der Waals surface area contributed by atoms with Gasteiger partial charge in [-0.1, -0.05) is 51.3 Å². The number of methoxy groups -OCH3 is 1. The maximum absolute atomic E-state index is 13.9. The third kappa shape index (κ3) is 5.90. The summed E-state index contributed by atoms with van der Waals surface area (Å²) >= 11 is 0. The van der Waals surface area contributed by atoms with Crippen molar-refractivity contribution in [3.63, 3.8) is 0 Å². The highest BCUT2D eigenvalue weighted by atomic mass is 19.2. The van der Waals surface area contributed by atoms with Crippen molar-refractivity contribution in [3.05, 3.63) is 84.1 Å². The van der Waals surface area contributed by atoms with Crippen molar-refractivity contribution in [2.45, 2.75) is 19.9 Å². The lowest BCUT2D eigenvalue weighted by Crippen LogP contribution is -2.53. The topological polar surface area (TPSA) is 79.0 Å². The molecule has 0 unspecified atom stereocenters. The first-order valence-electron chi connectivity index (χ1n) is 9.78. The van der Waals surface area contributed by atoms with Crippen LogP contribution in [0.25, 0.3) is 0 Å². The number of carbonyl (C=O) groups excluding carboxylic acids is 3. The Bertz CT molecular complexity index is 957. The molecule has 1 aromatic carbocycles. The van der Waals surface area contributed by atoms with Gasteiger partial charge in [-0.25, -0.2) is 28.1 Å². The molecule has 9 heteroatoms. The zero-order valence-corrected chi connectivity index (χ0v) is 18.5. The number of allylic oxidation sites excluding steroid dienone is 2. The molecule has 7 nitrogen and oxygen atoms in total. The van der Waals surface area contributed by atoms with Crippen LogP contribution in [0.15, 0.2) is 66.9 Å². The van der Waals surface area contributed by atoms with Crippen molar-refractivity contribution in [2.75, 3.05) is 20.7 Å². The Kier molecular flexibility index (Phi) is 10.0. The van der Waals surface area contributed by atoms with Crippen LogP contribution in [0.5, 0.6) is 0 Å². The molecular weight excluding hydrogens is 420 g/mol. The van der Waals surface area contributed by atoms with Crippen molar-refractivity contribution < 1.29 is 27.9 Å². The highest BCUT2D eigenvalue weighted by Gasteiger charge is 2.42. The molecule has 0 aliphatic carbocycles. The highest BCUT2D eigenvalue weighted by Crippen LogP contribution is 2.34. The number of hydrogen-bond acceptors (Lipinski definition) is 4. The average molecular weight is 447 g/mol. The highest BCUT2D eigenvalue weighted by molar-refractivity contribution is 6.00. The molecule has 4 amide bonds. The zero-order chi connectivity index (χ0) is 24.4. The number of rotatable bonds is 6. The summed E-state index contributed by atoms with van der Waals surface area (Å²) in [6.07, 6.45) is 5.81. The minimum Gasteiger partial charge on any atom is -0.466 e. The third-order valence-corrected chi connectivity index (χ3v) is 4.33. The number of nitrogens with one attached hydrogen (secondary N) is 1. The van der Waals surface area contributed by atoms with Gasteiger partial charge < -0.3 is 15.0 Å². The van der Waals surface area contributed by atoms with Crippen molar-refractivity contribution in [2.24, 2.45) is 0 Å². The molecule has 32 heavy (non-hydrogen) atoms. The van der Waals surface area contributed by atoms with Crippen molar-refractivity contribution in [1.29, 1.82) is 0 Å². The number of urea groups is 2. The molecule has 0 radical (unpaired) electrons. The van der Waals surface area contributed by atoms with E-state index < -0.39 is 35.7 Å². The monoisotopic (exact) mass is 447 g/mol. The molecule has 0 bridgehead atoms. The molecule has 0 fully saturated rings. The molecule has 172 valence electrons. The van der Waals surface area contributed by atoms with Crippen molar-refractivity contribution >= 4 is 18.0 Å².